The van der Waals surface area contributed by atoms with Gasteiger partial charge in [-0.3, -0.25) is 9.78 Å². The van der Waals surface area contributed by atoms with Crippen LogP contribution in [0.25, 0.3) is 0 Å². The summed E-state index contributed by atoms with van der Waals surface area (Å²) in [4.78, 5) is 14.5. The van der Waals surface area contributed by atoms with Crippen LogP contribution < -0.4 is 15.8 Å². The van der Waals surface area contributed by atoms with Gasteiger partial charge in [0.25, 0.3) is 0 Å². The molecule has 0 saturated carbocycles. The summed E-state index contributed by atoms with van der Waals surface area (Å²) >= 11 is 0. The Hall–Kier alpha value is -1.95. The molecule has 0 spiro atoms. The first kappa shape index (κ1) is 16.1. The highest BCUT2D eigenvalue weighted by atomic mass is 32.2. The molecule has 108 valence electrons. The minimum Gasteiger partial charge on any atom is -0.355 e. The van der Waals surface area contributed by atoms with E-state index in [4.69, 9.17) is 5.73 Å². The van der Waals surface area contributed by atoms with Gasteiger partial charge in [0.05, 0.1) is 6.54 Å². The van der Waals surface area contributed by atoms with Crippen LogP contribution in [-0.4, -0.2) is 38.9 Å². The maximum absolute atomic E-state index is 12.0. The molecule has 0 saturated heterocycles. The average molecular weight is 296 g/mol. The summed E-state index contributed by atoms with van der Waals surface area (Å²) in [7, 11) is -3.67. The summed E-state index contributed by atoms with van der Waals surface area (Å²) in [6.07, 6.45) is 2.69. The van der Waals surface area contributed by atoms with E-state index in [0.29, 0.717) is 5.56 Å². The Morgan fingerprint density at radius 2 is 2.15 bits per heavy atom. The van der Waals surface area contributed by atoms with E-state index in [9.17, 15) is 13.2 Å². The van der Waals surface area contributed by atoms with Crippen molar-refractivity contribution in [2.45, 2.75) is 11.8 Å². The van der Waals surface area contributed by atoms with Crippen LogP contribution in [0.1, 0.15) is 12.5 Å². The van der Waals surface area contributed by atoms with Crippen molar-refractivity contribution in [3.63, 3.8) is 0 Å². The highest BCUT2D eigenvalue weighted by Gasteiger charge is 2.14. The second-order valence-electron chi connectivity index (χ2n) is 3.80. The van der Waals surface area contributed by atoms with Crippen LogP contribution in [0.4, 0.5) is 0 Å². The molecule has 0 aliphatic rings. The fourth-order valence-corrected chi connectivity index (χ4v) is 2.31. The molecule has 0 fully saturated rings. The fraction of sp³-hybridized carbons (Fsp3) is 0.333. The smallest absolute Gasteiger partial charge is 0.242 e. The first-order valence-electron chi connectivity index (χ1n) is 5.84. The Bertz CT molecular complexity index is 632. The molecule has 20 heavy (non-hydrogen) atoms. The van der Waals surface area contributed by atoms with E-state index < -0.39 is 10.0 Å². The number of hydrogen-bond donors (Lipinski definition) is 3. The molecule has 1 rings (SSSR count). The van der Waals surface area contributed by atoms with E-state index in [0.717, 1.165) is 0 Å². The lowest BCUT2D eigenvalue weighted by molar-refractivity contribution is -0.118. The Morgan fingerprint density at radius 1 is 1.40 bits per heavy atom. The lowest BCUT2D eigenvalue weighted by Gasteiger charge is -2.07. The number of carbonyl (C=O) groups excluding carboxylic acids is 1. The Labute approximate surface area is 118 Å². The zero-order chi connectivity index (χ0) is 15.0. The van der Waals surface area contributed by atoms with Gasteiger partial charge in [-0.1, -0.05) is 11.8 Å². The first-order valence-corrected chi connectivity index (χ1v) is 7.32. The summed E-state index contributed by atoms with van der Waals surface area (Å²) < 4.78 is 26.3. The molecule has 0 aromatic carbocycles. The second kappa shape index (κ2) is 7.59. The summed E-state index contributed by atoms with van der Waals surface area (Å²) in [5.41, 5.74) is 5.72. The van der Waals surface area contributed by atoms with E-state index in [2.05, 4.69) is 26.9 Å². The predicted octanol–water partition coefficient (Wildman–Crippen LogP) is -1.19. The van der Waals surface area contributed by atoms with Crippen LogP contribution >= 0.6 is 0 Å². The number of amides is 1. The van der Waals surface area contributed by atoms with Gasteiger partial charge in [-0.05, 0) is 6.07 Å². The van der Waals surface area contributed by atoms with Gasteiger partial charge in [0.2, 0.25) is 15.9 Å². The molecule has 0 bridgehead atoms. The number of nitrogens with one attached hydrogen (secondary N) is 2. The summed E-state index contributed by atoms with van der Waals surface area (Å²) in [6, 6.07) is 1.41. The van der Waals surface area contributed by atoms with Crippen molar-refractivity contribution in [2.75, 3.05) is 19.6 Å². The van der Waals surface area contributed by atoms with E-state index >= 15 is 0 Å². The van der Waals surface area contributed by atoms with Crippen molar-refractivity contribution >= 4 is 15.9 Å². The number of rotatable bonds is 5. The molecular weight excluding hydrogens is 280 g/mol. The minimum absolute atomic E-state index is 0.0177. The van der Waals surface area contributed by atoms with Crippen molar-refractivity contribution in [3.8, 4) is 11.8 Å². The van der Waals surface area contributed by atoms with Crippen LogP contribution in [0.2, 0.25) is 0 Å². The lowest BCUT2D eigenvalue weighted by Crippen LogP contribution is -2.33. The average Bonchev–Trinajstić information content (AvgIpc) is 2.41. The van der Waals surface area contributed by atoms with Gasteiger partial charge in [-0.15, -0.1) is 0 Å². The monoisotopic (exact) mass is 296 g/mol. The molecule has 4 N–H and O–H groups in total. The number of pyridine rings is 1. The van der Waals surface area contributed by atoms with Gasteiger partial charge in [-0.25, -0.2) is 13.1 Å². The Balaban J connectivity index is 2.74. The van der Waals surface area contributed by atoms with Gasteiger partial charge in [0.15, 0.2) is 0 Å². The summed E-state index contributed by atoms with van der Waals surface area (Å²) in [5, 5.41) is 2.49. The summed E-state index contributed by atoms with van der Waals surface area (Å²) in [6.45, 7) is 1.86. The molecule has 0 aliphatic heterocycles. The largest absolute Gasteiger partial charge is 0.355 e. The number of carbonyl (C=O) groups is 1. The normalized spacial score (nSPS) is 10.5. The number of hydrogen-bond acceptors (Lipinski definition) is 5. The molecule has 7 nitrogen and oxygen atoms in total. The topological polar surface area (TPSA) is 114 Å². The summed E-state index contributed by atoms with van der Waals surface area (Å²) in [5.74, 6) is 5.12. The van der Waals surface area contributed by atoms with Crippen LogP contribution in [0, 0.1) is 11.8 Å². The standard InChI is InChI=1S/C12H16N4O3S/c1-10(17)15-5-6-16-20(18,19)12-7-11(3-2-4-13)8-14-9-12/h7-9,16H,4-6,13H2,1H3,(H,15,17). The Kier molecular flexibility index (Phi) is 6.11. The van der Waals surface area contributed by atoms with E-state index in [1.165, 1.54) is 25.4 Å². The van der Waals surface area contributed by atoms with Crippen molar-refractivity contribution in [2.24, 2.45) is 5.73 Å². The quantitative estimate of drug-likeness (QED) is 0.467. The zero-order valence-electron chi connectivity index (χ0n) is 11.0. The van der Waals surface area contributed by atoms with Gasteiger partial charge in [-0.2, -0.15) is 0 Å². The molecule has 0 atom stereocenters. The first-order chi connectivity index (χ1) is 9.45. The molecule has 1 aromatic heterocycles. The van der Waals surface area contributed by atoms with Crippen molar-refractivity contribution < 1.29 is 13.2 Å². The zero-order valence-corrected chi connectivity index (χ0v) is 11.8. The molecule has 0 unspecified atom stereocenters. The van der Waals surface area contributed by atoms with Gasteiger partial charge in [0.1, 0.15) is 4.90 Å². The Morgan fingerprint density at radius 3 is 2.80 bits per heavy atom. The SMILES string of the molecule is CC(=O)NCCNS(=O)(=O)c1cncc(C#CCN)c1. The molecule has 0 aliphatic carbocycles. The molecule has 0 radical (unpaired) electrons. The van der Waals surface area contributed by atoms with Gasteiger partial charge < -0.3 is 11.1 Å². The maximum atomic E-state index is 12.0. The third kappa shape index (κ3) is 5.36. The van der Waals surface area contributed by atoms with Crippen molar-refractivity contribution in [1.29, 1.82) is 0 Å². The van der Waals surface area contributed by atoms with Crippen LogP contribution in [0.15, 0.2) is 23.4 Å². The third-order valence-corrected chi connectivity index (χ3v) is 3.58. The second-order valence-corrected chi connectivity index (χ2v) is 5.56. The van der Waals surface area contributed by atoms with E-state index in [1.807, 2.05) is 0 Å². The van der Waals surface area contributed by atoms with E-state index in [-0.39, 0.29) is 30.4 Å². The lowest BCUT2D eigenvalue weighted by atomic mass is 10.3. The highest BCUT2D eigenvalue weighted by molar-refractivity contribution is 7.89. The van der Waals surface area contributed by atoms with Crippen molar-refractivity contribution in [1.82, 2.24) is 15.0 Å². The highest BCUT2D eigenvalue weighted by Crippen LogP contribution is 2.08. The van der Waals surface area contributed by atoms with Gasteiger partial charge >= 0.3 is 0 Å². The maximum Gasteiger partial charge on any atom is 0.242 e. The molecule has 1 heterocycles. The predicted molar refractivity (Wildman–Crippen MR) is 74.0 cm³/mol. The minimum atomic E-state index is -3.67. The fourth-order valence-electron chi connectivity index (χ4n) is 1.29. The van der Waals surface area contributed by atoms with Crippen molar-refractivity contribution in [3.05, 3.63) is 24.0 Å². The van der Waals surface area contributed by atoms with E-state index in [1.54, 1.807) is 0 Å². The molecule has 8 heteroatoms. The van der Waals surface area contributed by atoms with Crippen LogP contribution in [0.3, 0.4) is 0 Å². The number of nitrogens with zero attached hydrogens (tertiary/aromatic N) is 1. The number of nitrogens with two attached hydrogens (primary N) is 1. The third-order valence-electron chi connectivity index (χ3n) is 2.15. The molecular formula is C12H16N4O3S. The van der Waals surface area contributed by atoms with Gasteiger partial charge in [0, 0.05) is 38.0 Å². The van der Waals surface area contributed by atoms with Crippen LogP contribution in [0.5, 0.6) is 0 Å². The molecule has 1 amide bonds. The van der Waals surface area contributed by atoms with Crippen LogP contribution in [-0.2, 0) is 14.8 Å². The number of sulfonamides is 1. The number of aromatic nitrogens is 1. The molecule has 1 aromatic rings.